The number of nitroso groups, excluding NO2 is 1. The summed E-state index contributed by atoms with van der Waals surface area (Å²) >= 11 is 0. The van der Waals surface area contributed by atoms with E-state index in [0.717, 1.165) is 0 Å². The predicted molar refractivity (Wildman–Crippen MR) is 83.2 cm³/mol. The van der Waals surface area contributed by atoms with Crippen molar-refractivity contribution >= 4 is 33.1 Å². The fraction of sp³-hybridized carbons (Fsp3) is 0. The molecule has 0 aliphatic heterocycles. The van der Waals surface area contributed by atoms with Crippen molar-refractivity contribution in [3.8, 4) is 6.07 Å². The number of nitrogens with zero attached hydrogens (tertiary/aromatic N) is 3. The summed E-state index contributed by atoms with van der Waals surface area (Å²) in [7, 11) is 0. The van der Waals surface area contributed by atoms with Crippen molar-refractivity contribution in [2.45, 2.75) is 0 Å². The third-order valence-electron chi connectivity index (χ3n) is 3.83. The average Bonchev–Trinajstić information content (AvgIpc) is 2.87. The Morgan fingerprint density at radius 1 is 1.17 bits per heavy atom. The molecule has 0 fully saturated rings. The van der Waals surface area contributed by atoms with Crippen molar-refractivity contribution < 1.29 is 4.39 Å². The van der Waals surface area contributed by atoms with Gasteiger partial charge in [-0.3, -0.25) is 9.20 Å². The Kier molecular flexibility index (Phi) is 2.56. The number of aromatic nitrogens is 2. The molecule has 2 aromatic heterocycles. The molecule has 110 valence electrons. The average molecular weight is 306 g/mol. The van der Waals surface area contributed by atoms with E-state index in [4.69, 9.17) is 5.26 Å². The Morgan fingerprint density at radius 3 is 2.74 bits per heavy atom. The molecular weight excluding hydrogens is 299 g/mol. The lowest BCUT2D eigenvalue weighted by Gasteiger charge is -2.02. The molecule has 2 aromatic carbocycles. The van der Waals surface area contributed by atoms with E-state index in [2.05, 4.69) is 10.2 Å². The first-order valence-electron chi connectivity index (χ1n) is 6.67. The van der Waals surface area contributed by atoms with Crippen LogP contribution in [0.1, 0.15) is 5.56 Å². The van der Waals surface area contributed by atoms with E-state index in [9.17, 15) is 14.1 Å². The summed E-state index contributed by atoms with van der Waals surface area (Å²) in [6.45, 7) is 0. The SMILES string of the molecule is N#Cc1ccc2c(c1)c(N=O)c1[nH]c3cc(F)ccc3c(=O)n12. The van der Waals surface area contributed by atoms with Crippen LogP contribution >= 0.6 is 0 Å². The number of fused-ring (bicyclic) bond motifs is 4. The topological polar surface area (TPSA) is 90.5 Å². The van der Waals surface area contributed by atoms with E-state index < -0.39 is 11.4 Å². The lowest BCUT2D eigenvalue weighted by atomic mass is 10.1. The Hall–Kier alpha value is -3.53. The van der Waals surface area contributed by atoms with Crippen molar-refractivity contribution in [2.24, 2.45) is 5.18 Å². The van der Waals surface area contributed by atoms with Crippen molar-refractivity contribution in [3.05, 3.63) is 63.0 Å². The van der Waals surface area contributed by atoms with E-state index in [1.54, 1.807) is 12.1 Å². The maximum atomic E-state index is 13.4. The van der Waals surface area contributed by atoms with Crippen molar-refractivity contribution in [3.63, 3.8) is 0 Å². The van der Waals surface area contributed by atoms with E-state index in [1.807, 2.05) is 6.07 Å². The third kappa shape index (κ3) is 1.69. The minimum Gasteiger partial charge on any atom is -0.339 e. The number of hydrogen-bond donors (Lipinski definition) is 1. The standard InChI is InChI=1S/C16H7FN4O2/c17-9-2-3-10-12(6-9)19-15-14(20-23)11-5-8(7-18)1-4-13(11)21(15)16(10)22/h1-6,19H. The first-order chi connectivity index (χ1) is 11.1. The highest BCUT2D eigenvalue weighted by atomic mass is 19.1. The van der Waals surface area contributed by atoms with E-state index in [0.29, 0.717) is 16.5 Å². The molecule has 4 aromatic rings. The molecule has 0 aliphatic rings. The van der Waals surface area contributed by atoms with E-state index >= 15 is 0 Å². The fourth-order valence-corrected chi connectivity index (χ4v) is 2.82. The zero-order valence-electron chi connectivity index (χ0n) is 11.5. The summed E-state index contributed by atoms with van der Waals surface area (Å²) in [6, 6.07) is 10.4. The maximum Gasteiger partial charge on any atom is 0.266 e. The fourth-order valence-electron chi connectivity index (χ4n) is 2.82. The number of benzene rings is 2. The second-order valence-corrected chi connectivity index (χ2v) is 5.09. The molecule has 0 radical (unpaired) electrons. The minimum absolute atomic E-state index is 0.0142. The molecule has 23 heavy (non-hydrogen) atoms. The number of hydrogen-bond acceptors (Lipinski definition) is 4. The molecule has 0 saturated carbocycles. The zero-order chi connectivity index (χ0) is 16.1. The van der Waals surface area contributed by atoms with Crippen LogP contribution in [0.2, 0.25) is 0 Å². The van der Waals surface area contributed by atoms with Crippen LogP contribution in [-0.2, 0) is 0 Å². The third-order valence-corrected chi connectivity index (χ3v) is 3.83. The zero-order valence-corrected chi connectivity index (χ0v) is 11.5. The molecule has 2 heterocycles. The largest absolute Gasteiger partial charge is 0.339 e. The van der Waals surface area contributed by atoms with Gasteiger partial charge < -0.3 is 4.98 Å². The van der Waals surface area contributed by atoms with E-state index in [-0.39, 0.29) is 22.2 Å². The molecule has 0 amide bonds. The number of halogens is 1. The first kappa shape index (κ1) is 13.2. The van der Waals surface area contributed by atoms with E-state index in [1.165, 1.54) is 28.7 Å². The number of nitrogens with one attached hydrogen (secondary N) is 1. The molecule has 0 aliphatic carbocycles. The second kappa shape index (κ2) is 4.48. The van der Waals surface area contributed by atoms with Gasteiger partial charge in [0.05, 0.1) is 28.1 Å². The van der Waals surface area contributed by atoms with Gasteiger partial charge in [0.25, 0.3) is 5.56 Å². The van der Waals surface area contributed by atoms with Gasteiger partial charge in [-0.2, -0.15) is 5.26 Å². The summed E-state index contributed by atoms with van der Waals surface area (Å²) in [5.74, 6) is -0.499. The molecule has 0 atom stereocenters. The van der Waals surface area contributed by atoms with Gasteiger partial charge in [0.1, 0.15) is 11.5 Å². The normalized spacial score (nSPS) is 11.1. The first-order valence-corrected chi connectivity index (χ1v) is 6.67. The minimum atomic E-state index is -0.499. The maximum absolute atomic E-state index is 13.4. The molecule has 4 rings (SSSR count). The van der Waals surface area contributed by atoms with Crippen LogP contribution < -0.4 is 5.56 Å². The van der Waals surface area contributed by atoms with Gasteiger partial charge in [-0.1, -0.05) is 0 Å². The van der Waals surface area contributed by atoms with Crippen LogP contribution in [0.4, 0.5) is 10.1 Å². The van der Waals surface area contributed by atoms with Crippen LogP contribution in [0.15, 0.2) is 46.4 Å². The van der Waals surface area contributed by atoms with Crippen molar-refractivity contribution in [2.75, 3.05) is 0 Å². The number of aromatic amines is 1. The van der Waals surface area contributed by atoms with Gasteiger partial charge in [-0.05, 0) is 41.6 Å². The number of nitriles is 1. The lowest BCUT2D eigenvalue weighted by Crippen LogP contribution is -2.13. The van der Waals surface area contributed by atoms with Gasteiger partial charge in [-0.25, -0.2) is 4.39 Å². The number of rotatable bonds is 1. The van der Waals surface area contributed by atoms with Crippen LogP contribution in [0, 0.1) is 22.1 Å². The van der Waals surface area contributed by atoms with Crippen LogP contribution in [0.5, 0.6) is 0 Å². The van der Waals surface area contributed by atoms with Gasteiger partial charge >= 0.3 is 0 Å². The Bertz CT molecular complexity index is 1230. The summed E-state index contributed by atoms with van der Waals surface area (Å²) in [6.07, 6.45) is 0. The summed E-state index contributed by atoms with van der Waals surface area (Å²) in [5.41, 5.74) is 0.880. The van der Waals surface area contributed by atoms with Crippen molar-refractivity contribution in [1.29, 1.82) is 5.26 Å². The molecule has 0 saturated heterocycles. The van der Waals surface area contributed by atoms with Gasteiger partial charge in [-0.15, -0.1) is 4.91 Å². The second-order valence-electron chi connectivity index (χ2n) is 5.09. The lowest BCUT2D eigenvalue weighted by molar-refractivity contribution is 0.629. The summed E-state index contributed by atoms with van der Waals surface area (Å²) in [5, 5.41) is 12.7. The van der Waals surface area contributed by atoms with Gasteiger partial charge in [0.2, 0.25) is 0 Å². The Morgan fingerprint density at radius 2 is 2.00 bits per heavy atom. The van der Waals surface area contributed by atoms with Crippen LogP contribution in [0.25, 0.3) is 27.5 Å². The van der Waals surface area contributed by atoms with Crippen LogP contribution in [0.3, 0.4) is 0 Å². The number of H-pyrrole nitrogens is 1. The molecular formula is C16H7FN4O2. The van der Waals surface area contributed by atoms with Gasteiger partial charge in [0.15, 0.2) is 5.69 Å². The molecule has 7 heteroatoms. The Balaban J connectivity index is 2.33. The predicted octanol–water partition coefficient (Wildman–Crippen LogP) is 3.34. The molecule has 6 nitrogen and oxygen atoms in total. The molecule has 0 spiro atoms. The van der Waals surface area contributed by atoms with Crippen LogP contribution in [-0.4, -0.2) is 9.38 Å². The summed E-state index contributed by atoms with van der Waals surface area (Å²) < 4.78 is 14.7. The molecule has 0 unspecified atom stereocenters. The highest BCUT2D eigenvalue weighted by Gasteiger charge is 2.17. The summed E-state index contributed by atoms with van der Waals surface area (Å²) in [4.78, 5) is 26.9. The molecule has 0 bridgehead atoms. The highest BCUT2D eigenvalue weighted by molar-refractivity contribution is 6.02. The monoisotopic (exact) mass is 306 g/mol. The Labute approximate surface area is 127 Å². The molecule has 1 N–H and O–H groups in total. The van der Waals surface area contributed by atoms with Gasteiger partial charge in [0, 0.05) is 5.39 Å². The quantitative estimate of drug-likeness (QED) is 0.547. The smallest absolute Gasteiger partial charge is 0.266 e. The van der Waals surface area contributed by atoms with Crippen molar-refractivity contribution in [1.82, 2.24) is 9.38 Å². The highest BCUT2D eigenvalue weighted by Crippen LogP contribution is 2.33.